The van der Waals surface area contributed by atoms with Crippen molar-refractivity contribution >= 4 is 0 Å². The third kappa shape index (κ3) is 4.23. The molecule has 0 bridgehead atoms. The van der Waals surface area contributed by atoms with Crippen LogP contribution in [0.15, 0.2) is 24.3 Å². The van der Waals surface area contributed by atoms with Crippen LogP contribution in [0.2, 0.25) is 0 Å². The molecule has 0 aliphatic heterocycles. The highest BCUT2D eigenvalue weighted by Crippen LogP contribution is 2.44. The Morgan fingerprint density at radius 1 is 1.19 bits per heavy atom. The minimum absolute atomic E-state index is 0.644. The molecule has 1 aromatic rings. The maximum absolute atomic E-state index is 5.89. The first-order chi connectivity index (χ1) is 10.3. The van der Waals surface area contributed by atoms with Gasteiger partial charge in [0.15, 0.2) is 0 Å². The van der Waals surface area contributed by atoms with Crippen LogP contribution >= 0.6 is 0 Å². The SMILES string of the molecule is CCCC1CCC(CNC)C(c2ccccc2OCC)C1. The molecule has 1 aliphatic rings. The molecule has 1 saturated carbocycles. The first-order valence-corrected chi connectivity index (χ1v) is 8.66. The van der Waals surface area contributed by atoms with E-state index < -0.39 is 0 Å². The third-order valence-electron chi connectivity index (χ3n) is 4.88. The number of benzene rings is 1. The molecule has 0 radical (unpaired) electrons. The van der Waals surface area contributed by atoms with Gasteiger partial charge in [-0.1, -0.05) is 44.4 Å². The highest BCUT2D eigenvalue weighted by atomic mass is 16.5. The standard InChI is InChI=1S/C19H31NO/c1-4-8-15-11-12-16(14-20-3)18(13-15)17-9-6-7-10-19(17)21-5-2/h6-7,9-10,15-16,18,20H,4-5,8,11-14H2,1-3H3. The quantitative estimate of drug-likeness (QED) is 0.791. The molecule has 0 aromatic heterocycles. The highest BCUT2D eigenvalue weighted by Gasteiger charge is 2.32. The van der Waals surface area contributed by atoms with E-state index in [-0.39, 0.29) is 0 Å². The fourth-order valence-electron chi connectivity index (χ4n) is 3.95. The van der Waals surface area contributed by atoms with E-state index in [1.165, 1.54) is 37.7 Å². The molecule has 0 heterocycles. The van der Waals surface area contributed by atoms with Gasteiger partial charge in [0.1, 0.15) is 5.75 Å². The summed E-state index contributed by atoms with van der Waals surface area (Å²) in [6, 6.07) is 8.68. The molecule has 2 nitrogen and oxygen atoms in total. The van der Waals surface area contributed by atoms with Crippen LogP contribution in [0.3, 0.4) is 0 Å². The third-order valence-corrected chi connectivity index (χ3v) is 4.88. The van der Waals surface area contributed by atoms with Crippen molar-refractivity contribution in [2.45, 2.75) is 51.9 Å². The highest BCUT2D eigenvalue weighted by molar-refractivity contribution is 5.37. The van der Waals surface area contributed by atoms with Gasteiger partial charge in [0.25, 0.3) is 0 Å². The van der Waals surface area contributed by atoms with Gasteiger partial charge >= 0.3 is 0 Å². The van der Waals surface area contributed by atoms with Crippen molar-refractivity contribution < 1.29 is 4.74 Å². The smallest absolute Gasteiger partial charge is 0.122 e. The van der Waals surface area contributed by atoms with E-state index in [0.29, 0.717) is 5.92 Å². The molecule has 2 heteroatoms. The van der Waals surface area contributed by atoms with Gasteiger partial charge in [0, 0.05) is 0 Å². The molecule has 0 spiro atoms. The van der Waals surface area contributed by atoms with E-state index in [9.17, 15) is 0 Å². The van der Waals surface area contributed by atoms with E-state index in [4.69, 9.17) is 4.74 Å². The van der Waals surface area contributed by atoms with E-state index in [2.05, 4.69) is 50.5 Å². The summed E-state index contributed by atoms with van der Waals surface area (Å²) < 4.78 is 5.89. The Hall–Kier alpha value is -1.02. The summed E-state index contributed by atoms with van der Waals surface area (Å²) in [7, 11) is 2.07. The maximum Gasteiger partial charge on any atom is 0.122 e. The largest absolute Gasteiger partial charge is 0.494 e. The van der Waals surface area contributed by atoms with Gasteiger partial charge in [-0.25, -0.2) is 0 Å². The number of ether oxygens (including phenoxy) is 1. The lowest BCUT2D eigenvalue weighted by Gasteiger charge is -2.37. The number of para-hydroxylation sites is 1. The van der Waals surface area contributed by atoms with Crippen LogP contribution < -0.4 is 10.1 Å². The van der Waals surface area contributed by atoms with Crippen LogP contribution in [0, 0.1) is 11.8 Å². The predicted molar refractivity (Wildman–Crippen MR) is 90.0 cm³/mol. The lowest BCUT2D eigenvalue weighted by molar-refractivity contribution is 0.217. The molecular weight excluding hydrogens is 258 g/mol. The average molecular weight is 289 g/mol. The number of hydrogen-bond donors (Lipinski definition) is 1. The van der Waals surface area contributed by atoms with Gasteiger partial charge in [-0.3, -0.25) is 0 Å². The van der Waals surface area contributed by atoms with Crippen LogP contribution in [0.1, 0.15) is 57.4 Å². The molecule has 3 unspecified atom stereocenters. The van der Waals surface area contributed by atoms with Crippen molar-refractivity contribution in [3.8, 4) is 5.75 Å². The van der Waals surface area contributed by atoms with Gasteiger partial charge in [0.05, 0.1) is 6.61 Å². The fourth-order valence-corrected chi connectivity index (χ4v) is 3.95. The van der Waals surface area contributed by atoms with E-state index in [0.717, 1.165) is 30.7 Å². The number of hydrogen-bond acceptors (Lipinski definition) is 2. The lowest BCUT2D eigenvalue weighted by Crippen LogP contribution is -2.30. The zero-order valence-corrected chi connectivity index (χ0v) is 13.9. The molecule has 118 valence electrons. The maximum atomic E-state index is 5.89. The second kappa shape index (κ2) is 8.43. The van der Waals surface area contributed by atoms with E-state index >= 15 is 0 Å². The lowest BCUT2D eigenvalue weighted by atomic mass is 9.70. The fraction of sp³-hybridized carbons (Fsp3) is 0.684. The minimum atomic E-state index is 0.644. The molecule has 0 amide bonds. The van der Waals surface area contributed by atoms with E-state index in [1.807, 2.05) is 0 Å². The molecular formula is C19H31NO. The first kappa shape index (κ1) is 16.4. The Morgan fingerprint density at radius 2 is 2.00 bits per heavy atom. The molecule has 21 heavy (non-hydrogen) atoms. The van der Waals surface area contributed by atoms with Crippen LogP contribution in [0.25, 0.3) is 0 Å². The Kier molecular flexibility index (Phi) is 6.56. The summed E-state index contributed by atoms with van der Waals surface area (Å²) in [5.74, 6) is 3.38. The molecule has 1 N–H and O–H groups in total. The van der Waals surface area contributed by atoms with Crippen molar-refractivity contribution in [2.24, 2.45) is 11.8 Å². The van der Waals surface area contributed by atoms with E-state index in [1.54, 1.807) is 0 Å². The monoisotopic (exact) mass is 289 g/mol. The van der Waals surface area contributed by atoms with Crippen LogP contribution in [0.5, 0.6) is 5.75 Å². The summed E-state index contributed by atoms with van der Waals surface area (Å²) in [6.07, 6.45) is 6.75. The van der Waals surface area contributed by atoms with Crippen LogP contribution in [0.4, 0.5) is 0 Å². The molecule has 3 atom stereocenters. The Balaban J connectivity index is 2.22. The van der Waals surface area contributed by atoms with Crippen LogP contribution in [-0.2, 0) is 0 Å². The second-order valence-electron chi connectivity index (χ2n) is 6.36. The van der Waals surface area contributed by atoms with Crippen molar-refractivity contribution in [1.82, 2.24) is 5.32 Å². The van der Waals surface area contributed by atoms with Crippen molar-refractivity contribution in [3.05, 3.63) is 29.8 Å². The van der Waals surface area contributed by atoms with Gasteiger partial charge < -0.3 is 10.1 Å². The number of nitrogens with one attached hydrogen (secondary N) is 1. The summed E-state index contributed by atoms with van der Waals surface area (Å²) >= 11 is 0. The van der Waals surface area contributed by atoms with Crippen molar-refractivity contribution in [3.63, 3.8) is 0 Å². The average Bonchev–Trinajstić information content (AvgIpc) is 2.50. The topological polar surface area (TPSA) is 21.3 Å². The van der Waals surface area contributed by atoms with Gasteiger partial charge in [-0.15, -0.1) is 0 Å². The molecule has 1 aliphatic carbocycles. The zero-order valence-electron chi connectivity index (χ0n) is 13.9. The minimum Gasteiger partial charge on any atom is -0.494 e. The predicted octanol–water partition coefficient (Wildman–Crippen LogP) is 4.60. The summed E-state index contributed by atoms with van der Waals surface area (Å²) in [5, 5.41) is 3.39. The normalized spacial score (nSPS) is 25.8. The summed E-state index contributed by atoms with van der Waals surface area (Å²) in [6.45, 7) is 6.24. The zero-order chi connectivity index (χ0) is 15.1. The summed E-state index contributed by atoms with van der Waals surface area (Å²) in [4.78, 5) is 0. The Labute approximate surface area is 130 Å². The molecule has 1 aromatic carbocycles. The Bertz CT molecular complexity index is 418. The van der Waals surface area contributed by atoms with Crippen LogP contribution in [-0.4, -0.2) is 20.2 Å². The molecule has 1 fully saturated rings. The molecule has 0 saturated heterocycles. The van der Waals surface area contributed by atoms with Crippen molar-refractivity contribution in [2.75, 3.05) is 20.2 Å². The van der Waals surface area contributed by atoms with Gasteiger partial charge in [-0.2, -0.15) is 0 Å². The van der Waals surface area contributed by atoms with Gasteiger partial charge in [0.2, 0.25) is 0 Å². The summed E-state index contributed by atoms with van der Waals surface area (Å²) in [5.41, 5.74) is 1.43. The number of rotatable bonds is 7. The second-order valence-corrected chi connectivity index (χ2v) is 6.36. The van der Waals surface area contributed by atoms with Crippen molar-refractivity contribution in [1.29, 1.82) is 0 Å². The molecule has 2 rings (SSSR count). The Morgan fingerprint density at radius 3 is 2.71 bits per heavy atom. The van der Waals surface area contributed by atoms with Gasteiger partial charge in [-0.05, 0) is 62.7 Å². The first-order valence-electron chi connectivity index (χ1n) is 8.66.